The van der Waals surface area contributed by atoms with Crippen molar-refractivity contribution in [2.24, 2.45) is 0 Å². The zero-order chi connectivity index (χ0) is 11.7. The molecule has 0 fully saturated rings. The van der Waals surface area contributed by atoms with Gasteiger partial charge in [0, 0.05) is 29.2 Å². The first-order valence-corrected chi connectivity index (χ1v) is 3.11. The van der Waals surface area contributed by atoms with Crippen molar-refractivity contribution in [2.75, 3.05) is 0 Å². The maximum absolute atomic E-state index is 9.43. The van der Waals surface area contributed by atoms with E-state index in [1.54, 1.807) is 0 Å². The van der Waals surface area contributed by atoms with Gasteiger partial charge in [-0.05, 0) is 0 Å². The Hall–Kier alpha value is -1.13. The van der Waals surface area contributed by atoms with Gasteiger partial charge in [-0.2, -0.15) is 0 Å². The van der Waals surface area contributed by atoms with Crippen LogP contribution in [0.25, 0.3) is 0 Å². The van der Waals surface area contributed by atoms with E-state index in [4.69, 9.17) is 15.3 Å². The minimum absolute atomic E-state index is 0. The molecule has 8 nitrogen and oxygen atoms in total. The molecule has 0 saturated heterocycles. The summed E-state index contributed by atoms with van der Waals surface area (Å²) in [6, 6.07) is 0. The van der Waals surface area contributed by atoms with Gasteiger partial charge < -0.3 is 25.2 Å². The molecular formula is C6H7O8Pu-. The number of aliphatic carboxylic acids is 4. The molecule has 86 valence electrons. The van der Waals surface area contributed by atoms with E-state index in [1.807, 2.05) is 0 Å². The summed E-state index contributed by atoms with van der Waals surface area (Å²) in [5.41, 5.74) is 0. The summed E-state index contributed by atoms with van der Waals surface area (Å²) in [6.07, 6.45) is -1.72. The smallest absolute Gasteiger partial charge is 0.314 e. The van der Waals surface area contributed by atoms with Crippen molar-refractivity contribution in [1.82, 2.24) is 0 Å². The third-order valence-corrected chi connectivity index (χ3v) is 0.598. The molecule has 0 aromatic heterocycles. The molecule has 15 heavy (non-hydrogen) atoms. The summed E-state index contributed by atoms with van der Waals surface area (Å²) >= 11 is 0. The number of rotatable bonds is 4. The van der Waals surface area contributed by atoms with Crippen molar-refractivity contribution >= 4 is 23.9 Å². The maximum Gasteiger partial charge on any atom is 0.314 e. The second kappa shape index (κ2) is 10.9. The molecule has 0 aliphatic heterocycles. The number of carbonyl (C=O) groups is 4. The van der Waals surface area contributed by atoms with E-state index in [1.165, 1.54) is 0 Å². The quantitative estimate of drug-likeness (QED) is 0.406. The molecule has 0 spiro atoms. The van der Waals surface area contributed by atoms with E-state index in [0.29, 0.717) is 0 Å². The van der Waals surface area contributed by atoms with E-state index < -0.39 is 36.7 Å². The van der Waals surface area contributed by atoms with Crippen LogP contribution in [0.5, 0.6) is 0 Å². The molecule has 0 aliphatic rings. The van der Waals surface area contributed by atoms with E-state index >= 15 is 0 Å². The first kappa shape index (κ1) is 19.4. The Labute approximate surface area is 105 Å². The number of hydrogen-bond donors (Lipinski definition) is 3. The van der Waals surface area contributed by atoms with Gasteiger partial charge in [0.25, 0.3) is 0 Å². The minimum Gasteiger partial charge on any atom is -0.550 e. The zero-order valence-corrected chi connectivity index (χ0v) is 10.6. The first-order valence-electron chi connectivity index (χ1n) is 3.11. The van der Waals surface area contributed by atoms with Crippen LogP contribution in [-0.4, -0.2) is 39.2 Å². The number of carboxylic acid groups (broad SMARTS) is 4. The average molecular weight is 451 g/mol. The molecule has 0 radical (unpaired) electrons. The Morgan fingerprint density at radius 2 is 1.07 bits per heavy atom. The van der Waals surface area contributed by atoms with Crippen molar-refractivity contribution in [1.29, 1.82) is 0 Å². The largest absolute Gasteiger partial charge is 0.550 e. The third-order valence-electron chi connectivity index (χ3n) is 0.598. The van der Waals surface area contributed by atoms with Crippen molar-refractivity contribution < 1.29 is 68.8 Å². The van der Waals surface area contributed by atoms with Crippen molar-refractivity contribution in [3.05, 3.63) is 0 Å². The number of carboxylic acids is 4. The number of hydrogen-bond acceptors (Lipinski definition) is 5. The summed E-state index contributed by atoms with van der Waals surface area (Å²) in [7, 11) is 0. The second-order valence-corrected chi connectivity index (χ2v) is 1.91. The summed E-state index contributed by atoms with van der Waals surface area (Å²) in [4.78, 5) is 37.6. The van der Waals surface area contributed by atoms with Gasteiger partial charge in [0.15, 0.2) is 0 Å². The molecule has 3 N–H and O–H groups in total. The van der Waals surface area contributed by atoms with Crippen molar-refractivity contribution in [3.8, 4) is 0 Å². The van der Waals surface area contributed by atoms with Gasteiger partial charge in [0.05, 0.1) is 12.4 Å². The molecule has 0 bridgehead atoms. The van der Waals surface area contributed by atoms with Crippen LogP contribution in [0.2, 0.25) is 0 Å². The molecule has 0 aromatic carbocycles. The second-order valence-electron chi connectivity index (χ2n) is 1.91. The topological polar surface area (TPSA) is 152 Å². The van der Waals surface area contributed by atoms with Gasteiger partial charge in [0.2, 0.25) is 0 Å². The SMILES string of the molecule is O=C(O)CC(=O)O.O=C([O-])CC(=O)O.[Pu]. The molecule has 0 unspecified atom stereocenters. The van der Waals surface area contributed by atoms with Gasteiger partial charge in [-0.3, -0.25) is 14.4 Å². The van der Waals surface area contributed by atoms with Crippen LogP contribution in [0, 0.1) is 29.2 Å². The van der Waals surface area contributed by atoms with Crippen LogP contribution in [-0.2, 0) is 19.2 Å². The van der Waals surface area contributed by atoms with Crippen LogP contribution in [0.3, 0.4) is 0 Å². The molecule has 9 heteroatoms. The fraction of sp³-hybridized carbons (Fsp3) is 0.333. The number of carbonyl (C=O) groups excluding carboxylic acids is 1. The van der Waals surface area contributed by atoms with Crippen LogP contribution in [0.15, 0.2) is 0 Å². The summed E-state index contributed by atoms with van der Waals surface area (Å²) in [5, 5.41) is 32.4. The van der Waals surface area contributed by atoms with Gasteiger partial charge in [-0.15, -0.1) is 0 Å². The molecule has 0 atom stereocenters. The predicted octanol–water partition coefficient (Wildman–Crippen LogP) is -2.24. The van der Waals surface area contributed by atoms with E-state index in [2.05, 4.69) is 0 Å². The minimum atomic E-state index is -1.56. The van der Waals surface area contributed by atoms with Gasteiger partial charge in [-0.1, -0.05) is 0 Å². The normalized spacial score (nSPS) is 7.47. The van der Waals surface area contributed by atoms with Crippen LogP contribution in [0.1, 0.15) is 12.8 Å². The van der Waals surface area contributed by atoms with Crippen LogP contribution >= 0.6 is 0 Å². The van der Waals surface area contributed by atoms with E-state index in [0.717, 1.165) is 0 Å². The third kappa shape index (κ3) is 32.2. The van der Waals surface area contributed by atoms with Crippen molar-refractivity contribution in [3.63, 3.8) is 0 Å². The standard InChI is InChI=1S/2C3H4O4.Pu/c2*4-2(5)1-3(6)7;/h2*1H2,(H,4,5)(H,6,7);/p-1. The van der Waals surface area contributed by atoms with E-state index in [9.17, 15) is 24.3 Å². The summed E-state index contributed by atoms with van der Waals surface area (Å²) in [6.45, 7) is 0. The van der Waals surface area contributed by atoms with Crippen LogP contribution < -0.4 is 5.11 Å². The van der Waals surface area contributed by atoms with Gasteiger partial charge in [0.1, 0.15) is 6.42 Å². The summed E-state index contributed by atoms with van der Waals surface area (Å²) in [5.74, 6) is -5.56. The molecule has 0 heterocycles. The molecule has 0 saturated carbocycles. The molecular weight excluding hydrogens is 444 g/mol. The Kier molecular flexibility index (Phi) is 14.2. The van der Waals surface area contributed by atoms with Gasteiger partial charge in [-0.25, -0.2) is 0 Å². The Morgan fingerprint density at radius 1 is 0.800 bits per heavy atom. The average Bonchev–Trinajstić information content (AvgIpc) is 1.79. The maximum atomic E-state index is 9.43. The molecule has 0 aromatic rings. The Balaban J connectivity index is -0.000000180. The predicted molar refractivity (Wildman–Crippen MR) is 37.1 cm³/mol. The van der Waals surface area contributed by atoms with Crippen molar-refractivity contribution in [2.45, 2.75) is 12.8 Å². The van der Waals surface area contributed by atoms with E-state index in [-0.39, 0.29) is 29.2 Å². The Morgan fingerprint density at radius 3 is 1.07 bits per heavy atom. The zero-order valence-electron chi connectivity index (χ0n) is 7.21. The molecule has 0 rings (SSSR count). The monoisotopic (exact) mass is 445 g/mol. The first-order chi connectivity index (χ1) is 6.25. The van der Waals surface area contributed by atoms with Gasteiger partial charge >= 0.3 is 17.9 Å². The Bertz CT molecular complexity index is 198. The molecule has 0 amide bonds. The summed E-state index contributed by atoms with van der Waals surface area (Å²) < 4.78 is 0. The molecule has 0 aliphatic carbocycles. The van der Waals surface area contributed by atoms with Crippen LogP contribution in [0.4, 0.5) is 0 Å². The fourth-order valence-corrected chi connectivity index (χ4v) is 0.253. The fourth-order valence-electron chi connectivity index (χ4n) is 0.253.